The number of fused-ring (bicyclic) bond motifs is 1. The van der Waals surface area contributed by atoms with Crippen LogP contribution < -0.4 is 5.73 Å². The Morgan fingerprint density at radius 2 is 2.33 bits per heavy atom. The van der Waals surface area contributed by atoms with Crippen LogP contribution in [0.5, 0.6) is 0 Å². The summed E-state index contributed by atoms with van der Waals surface area (Å²) >= 11 is 0. The van der Waals surface area contributed by atoms with Crippen LogP contribution in [0.2, 0.25) is 0 Å². The molecule has 0 aliphatic carbocycles. The number of imidazole rings is 1. The molecule has 0 aliphatic rings. The number of allylic oxidation sites excluding steroid dienone is 1. The van der Waals surface area contributed by atoms with Crippen molar-refractivity contribution in [3.05, 3.63) is 24.3 Å². The van der Waals surface area contributed by atoms with E-state index in [4.69, 9.17) is 5.73 Å². The number of hydrogen-bond donors (Lipinski definition) is 2. The standard InChI is InChI=1S/C10H13N5/c1-6(2)3-4-7-14-8-9(11)12-5-13-10(8)15-7/h5H,1,3-4H2,2H3,(H3,11,12,13,14,15). The number of nitrogen functional groups attached to an aromatic ring is 1. The highest BCUT2D eigenvalue weighted by atomic mass is 15.0. The maximum atomic E-state index is 5.69. The molecule has 0 fully saturated rings. The summed E-state index contributed by atoms with van der Waals surface area (Å²) in [7, 11) is 0. The molecule has 0 aliphatic heterocycles. The van der Waals surface area contributed by atoms with Crippen molar-refractivity contribution in [1.29, 1.82) is 0 Å². The van der Waals surface area contributed by atoms with Crippen LogP contribution in [0.4, 0.5) is 5.82 Å². The third-order valence-electron chi connectivity index (χ3n) is 2.16. The van der Waals surface area contributed by atoms with Gasteiger partial charge in [-0.15, -0.1) is 6.58 Å². The fourth-order valence-corrected chi connectivity index (χ4v) is 1.34. The van der Waals surface area contributed by atoms with Gasteiger partial charge in [0.1, 0.15) is 17.7 Å². The largest absolute Gasteiger partial charge is 0.382 e. The summed E-state index contributed by atoms with van der Waals surface area (Å²) in [6.45, 7) is 5.84. The molecule has 2 heterocycles. The van der Waals surface area contributed by atoms with Gasteiger partial charge in [-0.3, -0.25) is 0 Å². The van der Waals surface area contributed by atoms with Gasteiger partial charge < -0.3 is 10.7 Å². The molecule has 78 valence electrons. The van der Waals surface area contributed by atoms with Crippen LogP contribution in [0.15, 0.2) is 18.5 Å². The van der Waals surface area contributed by atoms with Gasteiger partial charge in [-0.05, 0) is 13.3 Å². The molecule has 0 saturated carbocycles. The average Bonchev–Trinajstić information content (AvgIpc) is 2.59. The van der Waals surface area contributed by atoms with Crippen molar-refractivity contribution in [2.24, 2.45) is 0 Å². The topological polar surface area (TPSA) is 80.5 Å². The molecule has 15 heavy (non-hydrogen) atoms. The second-order valence-electron chi connectivity index (χ2n) is 3.60. The lowest BCUT2D eigenvalue weighted by atomic mass is 10.2. The zero-order valence-electron chi connectivity index (χ0n) is 8.62. The predicted molar refractivity (Wildman–Crippen MR) is 59.2 cm³/mol. The Labute approximate surface area is 87.5 Å². The third-order valence-corrected chi connectivity index (χ3v) is 2.16. The van der Waals surface area contributed by atoms with E-state index in [1.54, 1.807) is 0 Å². The molecule has 3 N–H and O–H groups in total. The molecule has 0 aromatic carbocycles. The normalized spacial score (nSPS) is 10.7. The quantitative estimate of drug-likeness (QED) is 0.740. The van der Waals surface area contributed by atoms with Gasteiger partial charge in [0.05, 0.1) is 0 Å². The van der Waals surface area contributed by atoms with Crippen LogP contribution in [-0.2, 0) is 6.42 Å². The molecule has 0 atom stereocenters. The first-order valence-electron chi connectivity index (χ1n) is 4.76. The predicted octanol–water partition coefficient (Wildman–Crippen LogP) is 1.44. The minimum atomic E-state index is 0.439. The molecule has 0 spiro atoms. The van der Waals surface area contributed by atoms with Gasteiger partial charge in [-0.25, -0.2) is 15.0 Å². The maximum Gasteiger partial charge on any atom is 0.183 e. The van der Waals surface area contributed by atoms with Crippen LogP contribution in [-0.4, -0.2) is 19.9 Å². The molecule has 2 aromatic rings. The van der Waals surface area contributed by atoms with E-state index in [-0.39, 0.29) is 0 Å². The Hall–Kier alpha value is -1.91. The summed E-state index contributed by atoms with van der Waals surface area (Å²) in [5.74, 6) is 1.31. The lowest BCUT2D eigenvalue weighted by molar-refractivity contribution is 0.880. The number of nitrogens with two attached hydrogens (primary N) is 1. The number of aromatic amines is 1. The second kappa shape index (κ2) is 3.68. The van der Waals surface area contributed by atoms with E-state index in [2.05, 4.69) is 26.5 Å². The van der Waals surface area contributed by atoms with Gasteiger partial charge in [0.15, 0.2) is 11.5 Å². The molecule has 0 bridgehead atoms. The smallest absolute Gasteiger partial charge is 0.183 e. The Morgan fingerprint density at radius 3 is 3.00 bits per heavy atom. The van der Waals surface area contributed by atoms with Gasteiger partial charge in [-0.1, -0.05) is 5.57 Å². The van der Waals surface area contributed by atoms with Crippen LogP contribution >= 0.6 is 0 Å². The highest BCUT2D eigenvalue weighted by Gasteiger charge is 2.06. The summed E-state index contributed by atoms with van der Waals surface area (Å²) < 4.78 is 0. The number of nitrogens with one attached hydrogen (secondary N) is 1. The van der Waals surface area contributed by atoms with E-state index in [9.17, 15) is 0 Å². The molecule has 0 unspecified atom stereocenters. The minimum Gasteiger partial charge on any atom is -0.382 e. The summed E-state index contributed by atoms with van der Waals surface area (Å²) in [5.41, 5.74) is 8.16. The van der Waals surface area contributed by atoms with Crippen molar-refractivity contribution in [2.45, 2.75) is 19.8 Å². The summed E-state index contributed by atoms with van der Waals surface area (Å²) in [4.78, 5) is 15.4. The molecular formula is C10H13N5. The van der Waals surface area contributed by atoms with Crippen LogP contribution in [0.3, 0.4) is 0 Å². The zero-order chi connectivity index (χ0) is 10.8. The van der Waals surface area contributed by atoms with Crippen molar-refractivity contribution < 1.29 is 0 Å². The van der Waals surface area contributed by atoms with Crippen molar-refractivity contribution in [1.82, 2.24) is 19.9 Å². The van der Waals surface area contributed by atoms with E-state index in [0.717, 1.165) is 24.2 Å². The Morgan fingerprint density at radius 1 is 1.53 bits per heavy atom. The zero-order valence-corrected chi connectivity index (χ0v) is 8.62. The number of aromatic nitrogens is 4. The number of H-pyrrole nitrogens is 1. The highest BCUT2D eigenvalue weighted by Crippen LogP contribution is 2.14. The van der Waals surface area contributed by atoms with Crippen molar-refractivity contribution >= 4 is 17.0 Å². The van der Waals surface area contributed by atoms with Crippen LogP contribution in [0, 0.1) is 0 Å². The number of anilines is 1. The molecular weight excluding hydrogens is 190 g/mol. The van der Waals surface area contributed by atoms with Gasteiger partial charge in [0, 0.05) is 6.42 Å². The number of hydrogen-bond acceptors (Lipinski definition) is 4. The first-order valence-corrected chi connectivity index (χ1v) is 4.76. The number of nitrogens with zero attached hydrogens (tertiary/aromatic N) is 3. The van der Waals surface area contributed by atoms with E-state index in [1.807, 2.05) is 6.92 Å². The first kappa shape index (κ1) is 9.64. The first-order chi connectivity index (χ1) is 7.16. The lowest BCUT2D eigenvalue weighted by Gasteiger charge is -1.94. The number of aryl methyl sites for hydroxylation is 1. The fourth-order valence-electron chi connectivity index (χ4n) is 1.34. The Balaban J connectivity index is 2.31. The number of rotatable bonds is 3. The minimum absolute atomic E-state index is 0.439. The molecule has 0 radical (unpaired) electrons. The molecule has 5 heteroatoms. The summed E-state index contributed by atoms with van der Waals surface area (Å²) in [6, 6.07) is 0. The average molecular weight is 203 g/mol. The van der Waals surface area contributed by atoms with Crippen LogP contribution in [0.25, 0.3) is 11.2 Å². The van der Waals surface area contributed by atoms with E-state index >= 15 is 0 Å². The Kier molecular flexibility index (Phi) is 2.37. The van der Waals surface area contributed by atoms with E-state index in [1.165, 1.54) is 6.33 Å². The fraction of sp³-hybridized carbons (Fsp3) is 0.300. The Bertz CT molecular complexity index is 499. The van der Waals surface area contributed by atoms with E-state index in [0.29, 0.717) is 17.0 Å². The van der Waals surface area contributed by atoms with Gasteiger partial charge >= 0.3 is 0 Å². The van der Waals surface area contributed by atoms with Crippen molar-refractivity contribution in [3.63, 3.8) is 0 Å². The van der Waals surface area contributed by atoms with Gasteiger partial charge in [0.25, 0.3) is 0 Å². The summed E-state index contributed by atoms with van der Waals surface area (Å²) in [6.07, 6.45) is 3.15. The molecule has 5 nitrogen and oxygen atoms in total. The van der Waals surface area contributed by atoms with Gasteiger partial charge in [-0.2, -0.15) is 0 Å². The maximum absolute atomic E-state index is 5.69. The molecule has 2 rings (SSSR count). The third kappa shape index (κ3) is 1.96. The monoisotopic (exact) mass is 203 g/mol. The van der Waals surface area contributed by atoms with Crippen molar-refractivity contribution in [3.8, 4) is 0 Å². The SMILES string of the molecule is C=C(C)CCc1nc2ncnc(N)c2[nH]1. The highest BCUT2D eigenvalue weighted by molar-refractivity contribution is 5.80. The van der Waals surface area contributed by atoms with E-state index < -0.39 is 0 Å². The lowest BCUT2D eigenvalue weighted by Crippen LogP contribution is -1.92. The second-order valence-corrected chi connectivity index (χ2v) is 3.60. The van der Waals surface area contributed by atoms with Gasteiger partial charge in [0.2, 0.25) is 0 Å². The molecule has 0 saturated heterocycles. The summed E-state index contributed by atoms with van der Waals surface area (Å²) in [5, 5.41) is 0. The van der Waals surface area contributed by atoms with Crippen molar-refractivity contribution in [2.75, 3.05) is 5.73 Å². The molecule has 2 aromatic heterocycles. The van der Waals surface area contributed by atoms with Crippen LogP contribution in [0.1, 0.15) is 19.2 Å². The molecule has 0 amide bonds.